The predicted molar refractivity (Wildman–Crippen MR) is 95.1 cm³/mol. The summed E-state index contributed by atoms with van der Waals surface area (Å²) in [4.78, 5) is 17.1. The molecule has 2 aromatic rings. The van der Waals surface area contributed by atoms with Crippen LogP contribution in [0.1, 0.15) is 43.1 Å². The van der Waals surface area contributed by atoms with Crippen LogP contribution in [-0.2, 0) is 4.74 Å². The number of hydrogen-bond acceptors (Lipinski definition) is 4. The van der Waals surface area contributed by atoms with Crippen molar-refractivity contribution in [3.8, 4) is 10.6 Å². The summed E-state index contributed by atoms with van der Waals surface area (Å²) in [6, 6.07) is 10.2. The summed E-state index contributed by atoms with van der Waals surface area (Å²) in [6.45, 7) is 2.79. The lowest BCUT2D eigenvalue weighted by Gasteiger charge is -2.60. The predicted octanol–water partition coefficient (Wildman–Crippen LogP) is 3.89. The smallest absolute Gasteiger partial charge is 0.271 e. The number of nitrogens with zero attached hydrogens (tertiary/aromatic N) is 1. The number of benzene rings is 1. The highest BCUT2D eigenvalue weighted by Crippen LogP contribution is 2.57. The molecule has 2 atom stereocenters. The first-order valence-corrected chi connectivity index (χ1v) is 9.54. The Kier molecular flexibility index (Phi) is 4.14. The lowest BCUT2D eigenvalue weighted by atomic mass is 9.51. The lowest BCUT2D eigenvalue weighted by Crippen LogP contribution is -2.67. The highest BCUT2D eigenvalue weighted by molar-refractivity contribution is 7.13. The van der Waals surface area contributed by atoms with E-state index in [-0.39, 0.29) is 17.4 Å². The number of hydrogen-bond donors (Lipinski definition) is 1. The molecule has 2 saturated carbocycles. The second kappa shape index (κ2) is 6.30. The van der Waals surface area contributed by atoms with E-state index in [1.807, 2.05) is 42.6 Å². The standard InChI is InChI=1S/C19H22N2O2S/c1-2-23-16-11-15(19(16)9-6-10-19)21-17(22)14-12-24-18(20-14)13-7-4-3-5-8-13/h3-5,7-8,12,15-16H,2,6,9-11H2,1H3,(H,21,22)/t15-,16-/m0/s1. The van der Waals surface area contributed by atoms with Gasteiger partial charge in [-0.3, -0.25) is 4.79 Å². The molecule has 0 aliphatic heterocycles. The van der Waals surface area contributed by atoms with Gasteiger partial charge in [0.2, 0.25) is 0 Å². The van der Waals surface area contributed by atoms with Gasteiger partial charge in [-0.05, 0) is 26.2 Å². The minimum Gasteiger partial charge on any atom is -0.378 e. The molecule has 4 rings (SSSR count). The van der Waals surface area contributed by atoms with Crippen molar-refractivity contribution in [2.75, 3.05) is 6.61 Å². The van der Waals surface area contributed by atoms with Crippen LogP contribution in [0, 0.1) is 5.41 Å². The Labute approximate surface area is 146 Å². The summed E-state index contributed by atoms with van der Waals surface area (Å²) in [6.07, 6.45) is 4.81. The molecule has 5 heteroatoms. The number of amides is 1. The Hall–Kier alpha value is -1.72. The van der Waals surface area contributed by atoms with Gasteiger partial charge in [0.25, 0.3) is 5.91 Å². The lowest BCUT2D eigenvalue weighted by molar-refractivity contribution is -0.169. The molecule has 0 bridgehead atoms. The first kappa shape index (κ1) is 15.8. The Bertz CT molecular complexity index is 724. The maximum Gasteiger partial charge on any atom is 0.271 e. The zero-order valence-corrected chi connectivity index (χ0v) is 14.6. The third-order valence-electron chi connectivity index (χ3n) is 5.50. The molecule has 0 saturated heterocycles. The van der Waals surface area contributed by atoms with Crippen LogP contribution in [-0.4, -0.2) is 29.6 Å². The van der Waals surface area contributed by atoms with Crippen molar-refractivity contribution in [3.05, 3.63) is 41.4 Å². The van der Waals surface area contributed by atoms with Gasteiger partial charge in [-0.2, -0.15) is 0 Å². The molecule has 1 amide bonds. The van der Waals surface area contributed by atoms with E-state index in [0.29, 0.717) is 11.8 Å². The molecular weight excluding hydrogens is 320 g/mol. The first-order chi connectivity index (χ1) is 11.7. The molecule has 4 nitrogen and oxygen atoms in total. The summed E-state index contributed by atoms with van der Waals surface area (Å²) in [5.74, 6) is -0.0559. The van der Waals surface area contributed by atoms with E-state index < -0.39 is 0 Å². The Morgan fingerprint density at radius 1 is 1.38 bits per heavy atom. The Balaban J connectivity index is 1.43. The van der Waals surface area contributed by atoms with Gasteiger partial charge in [-0.25, -0.2) is 4.98 Å². The van der Waals surface area contributed by atoms with Gasteiger partial charge in [0.15, 0.2) is 0 Å². The average molecular weight is 342 g/mol. The highest BCUT2D eigenvalue weighted by atomic mass is 32.1. The van der Waals surface area contributed by atoms with Crippen LogP contribution in [0.2, 0.25) is 0 Å². The monoisotopic (exact) mass is 342 g/mol. The third-order valence-corrected chi connectivity index (χ3v) is 6.39. The van der Waals surface area contributed by atoms with Gasteiger partial charge in [0.05, 0.1) is 6.10 Å². The van der Waals surface area contributed by atoms with E-state index in [2.05, 4.69) is 10.3 Å². The third kappa shape index (κ3) is 2.56. The molecular formula is C19H22N2O2S. The van der Waals surface area contributed by atoms with Gasteiger partial charge >= 0.3 is 0 Å². The molecule has 2 aliphatic rings. The van der Waals surface area contributed by atoms with Gasteiger partial charge < -0.3 is 10.1 Å². The molecule has 2 fully saturated rings. The van der Waals surface area contributed by atoms with Gasteiger partial charge in [-0.15, -0.1) is 11.3 Å². The molecule has 1 aromatic heterocycles. The van der Waals surface area contributed by atoms with E-state index in [1.165, 1.54) is 17.8 Å². The number of carbonyl (C=O) groups excluding carboxylic acids is 1. The number of nitrogens with one attached hydrogen (secondary N) is 1. The van der Waals surface area contributed by atoms with Crippen LogP contribution in [0.3, 0.4) is 0 Å². The quantitative estimate of drug-likeness (QED) is 0.897. The maximum absolute atomic E-state index is 12.6. The Morgan fingerprint density at radius 2 is 2.17 bits per heavy atom. The summed E-state index contributed by atoms with van der Waals surface area (Å²) >= 11 is 1.52. The fraction of sp³-hybridized carbons (Fsp3) is 0.474. The number of carbonyl (C=O) groups is 1. The zero-order valence-electron chi connectivity index (χ0n) is 13.8. The molecule has 126 valence electrons. The van der Waals surface area contributed by atoms with E-state index >= 15 is 0 Å². The van der Waals surface area contributed by atoms with E-state index in [4.69, 9.17) is 4.74 Å². The van der Waals surface area contributed by atoms with Gasteiger partial charge in [0.1, 0.15) is 10.7 Å². The van der Waals surface area contributed by atoms with E-state index in [1.54, 1.807) is 0 Å². The van der Waals surface area contributed by atoms with Crippen LogP contribution < -0.4 is 5.32 Å². The minimum absolute atomic E-state index is 0.0559. The molecule has 0 unspecified atom stereocenters. The minimum atomic E-state index is -0.0559. The van der Waals surface area contributed by atoms with Crippen LogP contribution in [0.5, 0.6) is 0 Å². The normalized spacial score (nSPS) is 24.2. The van der Waals surface area contributed by atoms with E-state index in [0.717, 1.165) is 36.4 Å². The first-order valence-electron chi connectivity index (χ1n) is 8.66. The fourth-order valence-corrected chi connectivity index (χ4v) is 4.77. The highest BCUT2D eigenvalue weighted by Gasteiger charge is 2.59. The second-order valence-corrected chi connectivity index (χ2v) is 7.55. The Morgan fingerprint density at radius 3 is 2.83 bits per heavy atom. The van der Waals surface area contributed by atoms with Crippen molar-refractivity contribution in [1.29, 1.82) is 0 Å². The number of thiazole rings is 1. The van der Waals surface area contributed by atoms with Crippen molar-refractivity contribution in [2.24, 2.45) is 5.41 Å². The molecule has 2 aliphatic carbocycles. The van der Waals surface area contributed by atoms with Crippen molar-refractivity contribution in [1.82, 2.24) is 10.3 Å². The largest absolute Gasteiger partial charge is 0.378 e. The van der Waals surface area contributed by atoms with Crippen LogP contribution in [0.15, 0.2) is 35.7 Å². The summed E-state index contributed by atoms with van der Waals surface area (Å²) in [7, 11) is 0. The average Bonchev–Trinajstić information content (AvgIpc) is 3.03. The van der Waals surface area contributed by atoms with Gasteiger partial charge in [-0.1, -0.05) is 36.8 Å². The SMILES string of the molecule is CCO[C@H]1C[C@H](NC(=O)c2csc(-c3ccccc3)n2)C12CCC2. The maximum atomic E-state index is 12.6. The van der Waals surface area contributed by atoms with Crippen LogP contribution in [0.25, 0.3) is 10.6 Å². The van der Waals surface area contributed by atoms with Crippen molar-refractivity contribution in [2.45, 2.75) is 44.8 Å². The summed E-state index contributed by atoms with van der Waals surface area (Å²) in [5, 5.41) is 5.94. The zero-order chi connectivity index (χ0) is 16.6. The molecule has 1 N–H and O–H groups in total. The molecule has 1 heterocycles. The summed E-state index contributed by atoms with van der Waals surface area (Å²) in [5.41, 5.74) is 1.76. The van der Waals surface area contributed by atoms with Crippen molar-refractivity contribution < 1.29 is 9.53 Å². The van der Waals surface area contributed by atoms with Gasteiger partial charge in [0, 0.05) is 29.0 Å². The summed E-state index contributed by atoms with van der Waals surface area (Å²) < 4.78 is 5.85. The molecule has 0 radical (unpaired) electrons. The van der Waals surface area contributed by atoms with Crippen LogP contribution in [0.4, 0.5) is 0 Å². The number of ether oxygens (including phenoxy) is 1. The van der Waals surface area contributed by atoms with E-state index in [9.17, 15) is 4.79 Å². The number of rotatable bonds is 5. The topological polar surface area (TPSA) is 51.2 Å². The molecule has 1 aromatic carbocycles. The molecule has 24 heavy (non-hydrogen) atoms. The van der Waals surface area contributed by atoms with Crippen LogP contribution >= 0.6 is 11.3 Å². The fourth-order valence-electron chi connectivity index (χ4n) is 3.96. The second-order valence-electron chi connectivity index (χ2n) is 6.70. The molecule has 1 spiro atoms. The number of aromatic nitrogens is 1. The van der Waals surface area contributed by atoms with Crippen molar-refractivity contribution >= 4 is 17.2 Å². The van der Waals surface area contributed by atoms with Crippen molar-refractivity contribution in [3.63, 3.8) is 0 Å².